The third-order valence-electron chi connectivity index (χ3n) is 1.96. The predicted molar refractivity (Wildman–Crippen MR) is 61.1 cm³/mol. The molecule has 0 aromatic heterocycles. The SMILES string of the molecule is N[C@@H](CP(=O)(O)O)C(=O)OCc1ccccc1. The zero-order valence-corrected chi connectivity index (χ0v) is 9.92. The Morgan fingerprint density at radius 2 is 1.94 bits per heavy atom. The molecular formula is C10H14NO5P. The highest BCUT2D eigenvalue weighted by Gasteiger charge is 2.25. The van der Waals surface area contributed by atoms with Crippen LogP contribution in [0.1, 0.15) is 5.56 Å². The Kier molecular flexibility index (Phi) is 4.84. The lowest BCUT2D eigenvalue weighted by Gasteiger charge is -2.12. The average Bonchev–Trinajstić information content (AvgIpc) is 2.25. The second kappa shape index (κ2) is 5.93. The molecule has 7 heteroatoms. The van der Waals surface area contributed by atoms with E-state index in [1.165, 1.54) is 0 Å². The summed E-state index contributed by atoms with van der Waals surface area (Å²) in [6.45, 7) is 0.0362. The lowest BCUT2D eigenvalue weighted by atomic mass is 10.2. The molecule has 0 aliphatic carbocycles. The van der Waals surface area contributed by atoms with E-state index >= 15 is 0 Å². The molecule has 0 bridgehead atoms. The van der Waals surface area contributed by atoms with Crippen molar-refractivity contribution in [3.8, 4) is 0 Å². The average molecular weight is 259 g/mol. The van der Waals surface area contributed by atoms with Crippen LogP contribution in [0.4, 0.5) is 0 Å². The van der Waals surface area contributed by atoms with Crippen molar-refractivity contribution in [2.24, 2.45) is 5.73 Å². The Hall–Kier alpha value is -1.20. The second-order valence-electron chi connectivity index (χ2n) is 3.55. The van der Waals surface area contributed by atoms with E-state index in [0.717, 1.165) is 5.56 Å². The monoisotopic (exact) mass is 259 g/mol. The molecule has 1 aromatic carbocycles. The molecule has 0 amide bonds. The van der Waals surface area contributed by atoms with Gasteiger partial charge in [0.15, 0.2) is 0 Å². The van der Waals surface area contributed by atoms with Gasteiger partial charge in [-0.05, 0) is 5.56 Å². The minimum Gasteiger partial charge on any atom is -0.460 e. The molecule has 4 N–H and O–H groups in total. The van der Waals surface area contributed by atoms with Gasteiger partial charge in [-0.25, -0.2) is 0 Å². The van der Waals surface area contributed by atoms with E-state index in [0.29, 0.717) is 0 Å². The molecular weight excluding hydrogens is 245 g/mol. The zero-order valence-electron chi connectivity index (χ0n) is 9.02. The Morgan fingerprint density at radius 1 is 1.35 bits per heavy atom. The Balaban J connectivity index is 2.42. The van der Waals surface area contributed by atoms with E-state index in [2.05, 4.69) is 0 Å². The number of rotatable bonds is 5. The fourth-order valence-corrected chi connectivity index (χ4v) is 1.83. The molecule has 0 unspecified atom stereocenters. The van der Waals surface area contributed by atoms with Crippen molar-refractivity contribution in [2.75, 3.05) is 6.16 Å². The van der Waals surface area contributed by atoms with Crippen LogP contribution < -0.4 is 5.73 Å². The van der Waals surface area contributed by atoms with Gasteiger partial charge in [0.2, 0.25) is 0 Å². The number of hydrogen-bond acceptors (Lipinski definition) is 4. The first kappa shape index (κ1) is 13.9. The van der Waals surface area contributed by atoms with Crippen molar-refractivity contribution in [3.63, 3.8) is 0 Å². The molecule has 0 aliphatic rings. The third kappa shape index (κ3) is 5.60. The fourth-order valence-electron chi connectivity index (χ4n) is 1.17. The van der Waals surface area contributed by atoms with Crippen LogP contribution in [0.5, 0.6) is 0 Å². The van der Waals surface area contributed by atoms with E-state index in [1.54, 1.807) is 24.3 Å². The molecule has 6 nitrogen and oxygen atoms in total. The first-order valence-electron chi connectivity index (χ1n) is 4.89. The normalized spacial score (nSPS) is 13.1. The summed E-state index contributed by atoms with van der Waals surface area (Å²) in [5.41, 5.74) is 6.08. The molecule has 0 heterocycles. The van der Waals surface area contributed by atoms with E-state index < -0.39 is 25.8 Å². The second-order valence-corrected chi connectivity index (χ2v) is 5.24. The highest BCUT2D eigenvalue weighted by Crippen LogP contribution is 2.34. The lowest BCUT2D eigenvalue weighted by molar-refractivity contribution is -0.146. The topological polar surface area (TPSA) is 110 Å². The smallest absolute Gasteiger partial charge is 0.327 e. The zero-order chi connectivity index (χ0) is 12.9. The van der Waals surface area contributed by atoms with Gasteiger partial charge < -0.3 is 20.3 Å². The summed E-state index contributed by atoms with van der Waals surface area (Å²) in [5.74, 6) is -0.822. The van der Waals surface area contributed by atoms with Crippen molar-refractivity contribution in [1.29, 1.82) is 0 Å². The molecule has 17 heavy (non-hydrogen) atoms. The lowest BCUT2D eigenvalue weighted by Crippen LogP contribution is -2.35. The van der Waals surface area contributed by atoms with Crippen LogP contribution in [-0.2, 0) is 20.7 Å². The fraction of sp³-hybridized carbons (Fsp3) is 0.300. The van der Waals surface area contributed by atoms with Crippen molar-refractivity contribution >= 4 is 13.6 Å². The Labute approximate surface area is 98.6 Å². The number of nitrogens with two attached hydrogens (primary N) is 1. The van der Waals surface area contributed by atoms with Gasteiger partial charge >= 0.3 is 13.6 Å². The number of carbonyl (C=O) groups excluding carboxylic acids is 1. The van der Waals surface area contributed by atoms with Crippen LogP contribution in [0, 0.1) is 0 Å². The van der Waals surface area contributed by atoms with E-state index in [1.807, 2.05) is 6.07 Å². The predicted octanol–water partition coefficient (Wildman–Crippen LogP) is 0.235. The van der Waals surface area contributed by atoms with Crippen molar-refractivity contribution in [2.45, 2.75) is 12.6 Å². The third-order valence-corrected chi connectivity index (χ3v) is 2.83. The molecule has 1 rings (SSSR count). The van der Waals surface area contributed by atoms with E-state index in [9.17, 15) is 9.36 Å². The molecule has 0 radical (unpaired) electrons. The van der Waals surface area contributed by atoms with Crippen LogP contribution in [0.2, 0.25) is 0 Å². The first-order valence-corrected chi connectivity index (χ1v) is 6.69. The highest BCUT2D eigenvalue weighted by atomic mass is 31.2. The van der Waals surface area contributed by atoms with Crippen LogP contribution in [0.3, 0.4) is 0 Å². The molecule has 0 saturated heterocycles. The van der Waals surface area contributed by atoms with Gasteiger partial charge in [0, 0.05) is 0 Å². The van der Waals surface area contributed by atoms with Gasteiger partial charge in [-0.1, -0.05) is 30.3 Å². The van der Waals surface area contributed by atoms with Crippen LogP contribution in [-0.4, -0.2) is 28.0 Å². The maximum absolute atomic E-state index is 11.3. The first-order chi connectivity index (χ1) is 7.88. The number of hydrogen-bond donors (Lipinski definition) is 3. The molecule has 0 fully saturated rings. The van der Waals surface area contributed by atoms with Crippen molar-refractivity contribution in [3.05, 3.63) is 35.9 Å². The molecule has 0 spiro atoms. The molecule has 0 aliphatic heterocycles. The molecule has 94 valence electrons. The summed E-state index contributed by atoms with van der Waals surface area (Å²) in [5, 5.41) is 0. The Bertz CT molecular complexity index is 416. The van der Waals surface area contributed by atoms with Crippen LogP contribution in [0.15, 0.2) is 30.3 Å². The largest absolute Gasteiger partial charge is 0.460 e. The summed E-state index contributed by atoms with van der Waals surface area (Å²) < 4.78 is 15.5. The number of ether oxygens (including phenoxy) is 1. The summed E-state index contributed by atoms with van der Waals surface area (Å²) in [6.07, 6.45) is -0.708. The Morgan fingerprint density at radius 3 is 2.47 bits per heavy atom. The minimum absolute atomic E-state index is 0.0362. The van der Waals surface area contributed by atoms with Gasteiger partial charge in [0.05, 0.1) is 6.16 Å². The summed E-state index contributed by atoms with van der Waals surface area (Å²) in [4.78, 5) is 28.6. The molecule has 1 atom stereocenters. The molecule has 0 saturated carbocycles. The van der Waals surface area contributed by atoms with Crippen LogP contribution in [0.25, 0.3) is 0 Å². The summed E-state index contributed by atoms with van der Waals surface area (Å²) >= 11 is 0. The van der Waals surface area contributed by atoms with E-state index in [-0.39, 0.29) is 6.61 Å². The van der Waals surface area contributed by atoms with Gasteiger partial charge in [-0.15, -0.1) is 0 Å². The van der Waals surface area contributed by atoms with Crippen molar-refractivity contribution < 1.29 is 23.9 Å². The summed E-state index contributed by atoms with van der Waals surface area (Å²) in [7, 11) is -4.30. The number of benzene rings is 1. The van der Waals surface area contributed by atoms with Crippen LogP contribution >= 0.6 is 7.60 Å². The van der Waals surface area contributed by atoms with E-state index in [4.69, 9.17) is 20.3 Å². The van der Waals surface area contributed by atoms with Gasteiger partial charge in [-0.3, -0.25) is 9.36 Å². The summed E-state index contributed by atoms with van der Waals surface area (Å²) in [6, 6.07) is 7.63. The molecule has 1 aromatic rings. The van der Waals surface area contributed by atoms with Gasteiger partial charge in [0.25, 0.3) is 0 Å². The van der Waals surface area contributed by atoms with Gasteiger partial charge in [-0.2, -0.15) is 0 Å². The standard InChI is InChI=1S/C10H14NO5P/c11-9(7-17(13,14)15)10(12)16-6-8-4-2-1-3-5-8/h1-5,9H,6-7,11H2,(H2,13,14,15)/t9-/m0/s1. The maximum Gasteiger partial charge on any atom is 0.327 e. The quantitative estimate of drug-likeness (QED) is 0.516. The highest BCUT2D eigenvalue weighted by molar-refractivity contribution is 7.51. The number of esters is 1. The van der Waals surface area contributed by atoms with Crippen molar-refractivity contribution in [1.82, 2.24) is 0 Å². The minimum atomic E-state index is -4.30. The number of carbonyl (C=O) groups is 1. The maximum atomic E-state index is 11.3. The van der Waals surface area contributed by atoms with Gasteiger partial charge in [0.1, 0.15) is 12.6 Å².